The number of ketones is 2. The van der Waals surface area contributed by atoms with E-state index in [2.05, 4.69) is 52.0 Å². The Bertz CT molecular complexity index is 3910. The first-order valence-corrected chi connectivity index (χ1v) is 49.0. The van der Waals surface area contributed by atoms with Crippen LogP contribution in [0, 0.1) is 0 Å². The third kappa shape index (κ3) is 58.5. The van der Waals surface area contributed by atoms with E-state index in [1.807, 2.05) is 56.7 Å². The van der Waals surface area contributed by atoms with Crippen molar-refractivity contribution in [3.05, 3.63) is 35.9 Å². The summed E-state index contributed by atoms with van der Waals surface area (Å²) in [4.78, 5) is 251. The minimum absolute atomic E-state index is 0.00228. The number of nitrogens with zero attached hydrogens (tertiary/aromatic N) is 5. The molecule has 12 amide bonds. The molecule has 1 heterocycles. The monoisotopic (exact) mass is 2200 g/mol. The molecule has 0 spiro atoms. The van der Waals surface area contributed by atoms with Gasteiger partial charge in [-0.15, -0.1) is 11.8 Å². The van der Waals surface area contributed by atoms with E-state index in [1.165, 1.54) is 54.5 Å². The summed E-state index contributed by atoms with van der Waals surface area (Å²) in [5, 5.41) is 74.4. The quantitative estimate of drug-likeness (QED) is 0.0167. The van der Waals surface area contributed by atoms with Gasteiger partial charge in [-0.1, -0.05) is 36.8 Å². The molecule has 138 heavy (non-hydrogen) atoms. The third-order valence-electron chi connectivity index (χ3n) is 20.5. The van der Waals surface area contributed by atoms with Gasteiger partial charge < -0.3 is 131 Å². The molecule has 0 radical (unpaired) electrons. The first-order valence-electron chi connectivity index (χ1n) is 43.6. The molecule has 1 aromatic carbocycles. The predicted octanol–water partition coefficient (Wildman–Crippen LogP) is -0.605. The van der Waals surface area contributed by atoms with Gasteiger partial charge in [0.05, 0.1) is 128 Å². The van der Waals surface area contributed by atoms with Crippen LogP contribution in [0.15, 0.2) is 30.3 Å². The normalized spacial score (nSPS) is 14.3. The van der Waals surface area contributed by atoms with Crippen LogP contribution in [0.4, 0.5) is 9.59 Å². The SMILES string of the molecule is CN[C@@H](CCC(=O)CCCCCN1C(=O)CC(SC[C@H](NC(=O)N[C@@H](CCC(=O)O)OC=O)C(=O)O)C1=O)C(=O)N(C)[C@@H](CC(=O)O)C(=O)N(C)[C@H](C)CSC.CN[C@@H](CCC(=O)[C@H](Cc1ccccc1)NC(=O)CCOCCOCCOCCOCCOCCOCCNC(=O)CC[C@H](NC(=O)N[C@@H](CCC(=O)O)OC=O)C(=O)O)C(=O)N(C)[C@@H](CC(=O)O)C(=O)N(C)[C@H](C)CSC.[O]=[99Tc].[O]=[99Tc]. The number of rotatable bonds is 77. The average molecular weight is 2200 g/mol. The molecule has 0 aromatic heterocycles. The number of likely N-dealkylation sites (tertiary alicyclic amines) is 1. The maximum absolute atomic E-state index is 13.7. The van der Waals surface area contributed by atoms with Crippen molar-refractivity contribution in [2.24, 2.45) is 0 Å². The van der Waals surface area contributed by atoms with Gasteiger partial charge in [0.25, 0.3) is 12.9 Å². The van der Waals surface area contributed by atoms with E-state index in [0.717, 1.165) is 69.7 Å². The molecule has 0 saturated carbocycles. The Morgan fingerprint density at radius 3 is 1.29 bits per heavy atom. The molecule has 1 unspecified atom stereocenters. The average Bonchev–Trinajstić information content (AvgIpc) is 1.58. The second kappa shape index (κ2) is 79.2. The van der Waals surface area contributed by atoms with Crippen molar-refractivity contribution in [1.29, 1.82) is 0 Å². The van der Waals surface area contributed by atoms with Crippen LogP contribution in [-0.2, 0) is 175 Å². The number of carbonyl (C=O) groups excluding carboxylic acids is 14. The number of thioether (sulfide) groups is 3. The summed E-state index contributed by atoms with van der Waals surface area (Å²) in [6.07, 6.45) is -0.209. The summed E-state index contributed by atoms with van der Waals surface area (Å²) in [6, 6.07) is -1.41. The Labute approximate surface area is 834 Å². The summed E-state index contributed by atoms with van der Waals surface area (Å²) in [5.41, 5.74) is 0.818. The van der Waals surface area contributed by atoms with E-state index < -0.39 is 181 Å². The van der Waals surface area contributed by atoms with E-state index >= 15 is 0 Å². The molecule has 1 aliphatic rings. The molecule has 1 aromatic rings. The van der Waals surface area contributed by atoms with Crippen molar-refractivity contribution < 1.29 is 209 Å². The number of unbranched alkanes of at least 4 members (excludes halogenated alkanes) is 2. The topological polar surface area (TPSA) is 683 Å². The molecule has 1 saturated heterocycles. The standard InChI is InChI=1S/C50H81N7O20S.C34H54N6O14S2.2O.2Tc/c1-35(33-78-5)56(3)48(67)40(32-46(64)65)57(4)47(66)37(51-2)11-13-41(59)39(31-36-9-7-6-8-10-36)53-43(61)17-19-71-21-23-73-25-27-75-29-30-76-28-26-74-24-22-72-20-18-52-42(60)14-12-38(49(68)69)54-50(70)55-44(77-34-58)15-16-45(62)63;1-20(17-55-5)38(3)31(49)24(15-29(46)47)39(4)30(48)22(35-2)11-10-21(42)9-7-6-8-14-40-27(43)16-25(32(40)50)56-18-23(33(51)52)36-34(53)37-26(54-19-41)12-13-28(44)45;;;;/h6-10,34-35,37-40,44,51H,11-33H2,1-5H3,(H,52,60)(H,53,61)(H,62,63)(H,64,65)(H,68,69)(H2,54,55,70);19-20,22-26,35H,6-18H2,1-5H3,(H,44,45)(H,46,47)(H,51,52)(H2,36,37,53);;;;/t35-,37+,38+,39+,40+,44-;20-,22+,23+,24+,25?,26-;;;;/m11..../s1/i;;;;2*1+1. The van der Waals surface area contributed by atoms with E-state index in [4.69, 9.17) is 45.6 Å². The molecular weight excluding hydrogens is 2060 g/mol. The zero-order chi connectivity index (χ0) is 105. The molecule has 2 rings (SSSR count). The van der Waals surface area contributed by atoms with Crippen molar-refractivity contribution in [3.63, 3.8) is 0 Å². The number of carboxylic acid groups (broad SMARTS) is 6. The minimum atomic E-state index is -1.50. The van der Waals surface area contributed by atoms with Crippen LogP contribution in [0.1, 0.15) is 135 Å². The number of nitrogens with one attached hydrogen (secondary N) is 8. The van der Waals surface area contributed by atoms with E-state index in [-0.39, 0.29) is 172 Å². The number of hydrogen-bond acceptors (Lipinski definition) is 35. The van der Waals surface area contributed by atoms with Crippen LogP contribution in [0.25, 0.3) is 0 Å². The molecule has 12 atom stereocenters. The van der Waals surface area contributed by atoms with Gasteiger partial charge in [0.1, 0.15) is 30.0 Å². The molecule has 1 fully saturated rings. The van der Waals surface area contributed by atoms with E-state index in [9.17, 15) is 116 Å². The van der Waals surface area contributed by atoms with Crippen molar-refractivity contribution in [2.45, 2.75) is 208 Å². The number of benzene rings is 1. The van der Waals surface area contributed by atoms with Crippen molar-refractivity contribution >= 4 is 155 Å². The first-order chi connectivity index (χ1) is 65.7. The number of urea groups is 2. The molecule has 0 bridgehead atoms. The van der Waals surface area contributed by atoms with Gasteiger partial charge in [0.15, 0.2) is 18.2 Å². The number of ether oxygens (including phenoxy) is 8. The summed E-state index contributed by atoms with van der Waals surface area (Å²) in [5.74, 6) is -11.1. The number of Topliss-reactive ketones (excluding diaryl/α,β-unsaturated/α-hetero) is 2. The number of carbonyl (C=O) groups is 20. The second-order valence-corrected chi connectivity index (χ2v) is 33.6. The summed E-state index contributed by atoms with van der Waals surface area (Å²) >= 11 is 5.73. The number of imide groups is 1. The maximum atomic E-state index is 13.7. The Kier molecular flexibility index (Phi) is 74.8. The zero-order valence-corrected chi connectivity index (χ0v) is 85.2. The van der Waals surface area contributed by atoms with E-state index in [1.54, 1.807) is 21.1 Å². The molecule has 1 aliphatic heterocycles. The van der Waals surface area contributed by atoms with Crippen LogP contribution in [0.3, 0.4) is 0 Å². The van der Waals surface area contributed by atoms with Crippen molar-refractivity contribution in [3.8, 4) is 0 Å². The Balaban J connectivity index is 0. The van der Waals surface area contributed by atoms with Gasteiger partial charge in [0.2, 0.25) is 47.3 Å². The number of hydrogen-bond donors (Lipinski definition) is 14. The summed E-state index contributed by atoms with van der Waals surface area (Å²) < 4.78 is 58.5. The fraction of sp³-hybridized carbons (Fsp3) is 0.690. The predicted molar refractivity (Wildman–Crippen MR) is 486 cm³/mol. The number of likely N-dealkylation sites (N-methyl/N-ethyl adjacent to an activating group) is 6. The van der Waals surface area contributed by atoms with Gasteiger partial charge in [-0.3, -0.25) is 81.6 Å². The van der Waals surface area contributed by atoms with Gasteiger partial charge in [0, 0.05) is 122 Å². The molecule has 54 heteroatoms. The van der Waals surface area contributed by atoms with Gasteiger partial charge in [-0.25, -0.2) is 19.2 Å². The molecule has 0 aliphatic carbocycles. The van der Waals surface area contributed by atoms with E-state index in [0.29, 0.717) is 70.4 Å². The van der Waals surface area contributed by atoms with Crippen LogP contribution < -0.4 is 42.5 Å². The number of amides is 12. The summed E-state index contributed by atoms with van der Waals surface area (Å²) in [6.45, 7) is 7.04. The second-order valence-electron chi connectivity index (χ2n) is 30.6. The number of carboxylic acids is 6. The Morgan fingerprint density at radius 1 is 0.457 bits per heavy atom. The third-order valence-corrected chi connectivity index (χ3v) is 23.4. The van der Waals surface area contributed by atoms with Crippen molar-refractivity contribution in [1.82, 2.24) is 67.0 Å². The van der Waals surface area contributed by atoms with Crippen LogP contribution in [-0.4, -0.2) is 411 Å². The fourth-order valence-electron chi connectivity index (χ4n) is 12.7. The first kappa shape index (κ1) is 130. The molecule has 784 valence electrons. The van der Waals surface area contributed by atoms with Gasteiger partial charge in [-0.2, -0.15) is 23.5 Å². The van der Waals surface area contributed by atoms with Crippen LogP contribution >= 0.6 is 35.3 Å². The molecule has 14 N–H and O–H groups in total. The molecule has 49 nitrogen and oxygen atoms in total. The van der Waals surface area contributed by atoms with Gasteiger partial charge in [-0.05, 0) is 84.5 Å². The number of aliphatic carboxylic acids is 6. The Morgan fingerprint density at radius 2 is 0.877 bits per heavy atom. The Hall–Kier alpha value is -9.55. The van der Waals surface area contributed by atoms with Crippen LogP contribution in [0.5, 0.6) is 0 Å². The fourth-order valence-corrected chi connectivity index (χ4v) is 15.3. The van der Waals surface area contributed by atoms with Crippen molar-refractivity contribution in [2.75, 3.05) is 164 Å². The van der Waals surface area contributed by atoms with Crippen LogP contribution in [0.2, 0.25) is 0 Å². The van der Waals surface area contributed by atoms with Gasteiger partial charge >= 0.3 is 92.6 Å². The zero-order valence-electron chi connectivity index (χ0n) is 79.1. The summed E-state index contributed by atoms with van der Waals surface area (Å²) in [7, 11) is 8.96. The molecular formula is C84H135N13O36S3Tc2.